The number of anilines is 2. The number of pyridine rings is 1. The molecule has 8 heteroatoms. The van der Waals surface area contributed by atoms with Gasteiger partial charge in [0.2, 0.25) is 5.95 Å². The standard InChI is InChI=1S/C24H28N6O2/c1-17-8-10-29(11-9-19-6-4-3-5-7-19)22(31)21(17)23(32)30-14-12-28(13-15-30)20-16-18(2)26-24(25)27-20/h3-8,10,16H,9,11-15H2,1-2H3,(H2,25,26,27). The smallest absolute Gasteiger partial charge is 0.263 e. The Morgan fingerprint density at radius 3 is 2.44 bits per heavy atom. The number of nitrogen functional groups attached to an aromatic ring is 1. The van der Waals surface area contributed by atoms with Gasteiger partial charge in [0.1, 0.15) is 11.4 Å². The molecule has 0 atom stereocenters. The number of carbonyl (C=O) groups excluding carboxylic acids is 1. The molecule has 3 heterocycles. The second-order valence-corrected chi connectivity index (χ2v) is 8.11. The second-order valence-electron chi connectivity index (χ2n) is 8.11. The number of aryl methyl sites for hydroxylation is 4. The minimum atomic E-state index is -0.229. The fraction of sp³-hybridized carbons (Fsp3) is 0.333. The Labute approximate surface area is 187 Å². The van der Waals surface area contributed by atoms with Crippen LogP contribution in [0.25, 0.3) is 0 Å². The van der Waals surface area contributed by atoms with Crippen LogP contribution in [0.1, 0.15) is 27.2 Å². The van der Waals surface area contributed by atoms with Gasteiger partial charge in [-0.1, -0.05) is 30.3 Å². The van der Waals surface area contributed by atoms with Crippen molar-refractivity contribution < 1.29 is 4.79 Å². The van der Waals surface area contributed by atoms with Crippen LogP contribution in [0.4, 0.5) is 11.8 Å². The summed E-state index contributed by atoms with van der Waals surface area (Å²) in [7, 11) is 0. The summed E-state index contributed by atoms with van der Waals surface area (Å²) in [6, 6.07) is 13.8. The van der Waals surface area contributed by atoms with Gasteiger partial charge in [-0.25, -0.2) is 4.98 Å². The Balaban J connectivity index is 1.47. The summed E-state index contributed by atoms with van der Waals surface area (Å²) >= 11 is 0. The first-order valence-electron chi connectivity index (χ1n) is 10.8. The normalized spacial score (nSPS) is 13.9. The zero-order valence-electron chi connectivity index (χ0n) is 18.5. The Morgan fingerprint density at radius 2 is 1.75 bits per heavy atom. The van der Waals surface area contributed by atoms with Crippen LogP contribution in [0.15, 0.2) is 53.5 Å². The first kappa shape index (κ1) is 21.5. The SMILES string of the molecule is Cc1cc(N2CCN(C(=O)c3c(C)ccn(CCc4ccccc4)c3=O)CC2)nc(N)n1. The van der Waals surface area contributed by atoms with Crippen molar-refractivity contribution in [1.82, 2.24) is 19.4 Å². The lowest BCUT2D eigenvalue weighted by Gasteiger charge is -2.35. The lowest BCUT2D eigenvalue weighted by atomic mass is 10.1. The zero-order valence-corrected chi connectivity index (χ0v) is 18.5. The summed E-state index contributed by atoms with van der Waals surface area (Å²) in [6.07, 6.45) is 2.51. The molecule has 4 rings (SSSR count). The topological polar surface area (TPSA) is 97.3 Å². The van der Waals surface area contributed by atoms with Crippen LogP contribution in [-0.4, -0.2) is 51.5 Å². The summed E-state index contributed by atoms with van der Waals surface area (Å²) in [5, 5.41) is 0. The molecule has 1 aromatic carbocycles. The van der Waals surface area contributed by atoms with E-state index in [9.17, 15) is 9.59 Å². The van der Waals surface area contributed by atoms with Crippen LogP contribution in [0.3, 0.4) is 0 Å². The van der Waals surface area contributed by atoms with Crippen molar-refractivity contribution in [1.29, 1.82) is 0 Å². The number of nitrogens with zero attached hydrogens (tertiary/aromatic N) is 5. The molecule has 0 bridgehead atoms. The molecule has 32 heavy (non-hydrogen) atoms. The summed E-state index contributed by atoms with van der Waals surface area (Å²) in [6.45, 7) is 6.50. The van der Waals surface area contributed by atoms with Crippen molar-refractivity contribution >= 4 is 17.7 Å². The molecule has 8 nitrogen and oxygen atoms in total. The van der Waals surface area contributed by atoms with E-state index in [0.717, 1.165) is 23.5 Å². The van der Waals surface area contributed by atoms with Crippen molar-refractivity contribution in [2.75, 3.05) is 36.8 Å². The monoisotopic (exact) mass is 432 g/mol. The molecule has 3 aromatic rings. The minimum Gasteiger partial charge on any atom is -0.368 e. The highest BCUT2D eigenvalue weighted by Gasteiger charge is 2.26. The number of aromatic nitrogens is 3. The lowest BCUT2D eigenvalue weighted by molar-refractivity contribution is 0.0743. The molecule has 1 aliphatic heterocycles. The van der Waals surface area contributed by atoms with E-state index >= 15 is 0 Å². The molecule has 0 saturated carbocycles. The van der Waals surface area contributed by atoms with Crippen LogP contribution in [0.5, 0.6) is 0 Å². The predicted octanol–water partition coefficient (Wildman–Crippen LogP) is 2.04. The molecule has 0 aliphatic carbocycles. The van der Waals surface area contributed by atoms with E-state index in [1.807, 2.05) is 56.3 Å². The van der Waals surface area contributed by atoms with Gasteiger partial charge in [-0.15, -0.1) is 0 Å². The number of hydrogen-bond acceptors (Lipinski definition) is 6. The van der Waals surface area contributed by atoms with E-state index in [1.54, 1.807) is 15.7 Å². The molecule has 166 valence electrons. The van der Waals surface area contributed by atoms with Gasteiger partial charge < -0.3 is 20.1 Å². The first-order valence-corrected chi connectivity index (χ1v) is 10.8. The zero-order chi connectivity index (χ0) is 22.7. The van der Waals surface area contributed by atoms with E-state index in [4.69, 9.17) is 5.73 Å². The third kappa shape index (κ3) is 4.64. The van der Waals surface area contributed by atoms with Crippen LogP contribution >= 0.6 is 0 Å². The number of benzene rings is 1. The van der Waals surface area contributed by atoms with Gasteiger partial charge in [-0.3, -0.25) is 9.59 Å². The maximum atomic E-state index is 13.3. The van der Waals surface area contributed by atoms with E-state index < -0.39 is 0 Å². The minimum absolute atomic E-state index is 0.209. The highest BCUT2D eigenvalue weighted by atomic mass is 16.2. The fourth-order valence-corrected chi connectivity index (χ4v) is 4.03. The van der Waals surface area contributed by atoms with Crippen molar-refractivity contribution in [3.63, 3.8) is 0 Å². The van der Waals surface area contributed by atoms with Gasteiger partial charge in [0.05, 0.1) is 0 Å². The van der Waals surface area contributed by atoms with E-state index in [0.29, 0.717) is 38.3 Å². The largest absolute Gasteiger partial charge is 0.368 e. The predicted molar refractivity (Wildman–Crippen MR) is 125 cm³/mol. The quantitative estimate of drug-likeness (QED) is 0.663. The molecule has 1 amide bonds. The summed E-state index contributed by atoms with van der Waals surface area (Å²) in [5.74, 6) is 0.801. The molecular formula is C24H28N6O2. The average molecular weight is 433 g/mol. The number of piperazine rings is 1. The van der Waals surface area contributed by atoms with Crippen molar-refractivity contribution in [3.05, 3.63) is 81.4 Å². The first-order chi connectivity index (χ1) is 15.4. The summed E-state index contributed by atoms with van der Waals surface area (Å²) in [5.41, 5.74) is 8.48. The van der Waals surface area contributed by atoms with E-state index in [-0.39, 0.29) is 23.0 Å². The maximum Gasteiger partial charge on any atom is 0.263 e. The summed E-state index contributed by atoms with van der Waals surface area (Å²) < 4.78 is 1.63. The van der Waals surface area contributed by atoms with Crippen LogP contribution in [0, 0.1) is 13.8 Å². The van der Waals surface area contributed by atoms with Gasteiger partial charge >= 0.3 is 0 Å². The average Bonchev–Trinajstić information content (AvgIpc) is 2.79. The fourth-order valence-electron chi connectivity index (χ4n) is 4.03. The Hall–Kier alpha value is -3.68. The van der Waals surface area contributed by atoms with E-state index in [2.05, 4.69) is 14.9 Å². The highest BCUT2D eigenvalue weighted by molar-refractivity contribution is 5.95. The number of hydrogen-bond donors (Lipinski definition) is 1. The number of amides is 1. The Bertz CT molecular complexity index is 1150. The third-order valence-corrected chi connectivity index (χ3v) is 5.82. The molecule has 0 unspecified atom stereocenters. The number of carbonyl (C=O) groups is 1. The molecule has 1 fully saturated rings. The second kappa shape index (κ2) is 9.21. The number of nitrogens with two attached hydrogens (primary N) is 1. The van der Waals surface area contributed by atoms with E-state index in [1.165, 1.54) is 0 Å². The van der Waals surface area contributed by atoms with Crippen LogP contribution in [0.2, 0.25) is 0 Å². The number of rotatable bonds is 5. The van der Waals surface area contributed by atoms with Crippen molar-refractivity contribution in [3.8, 4) is 0 Å². The Morgan fingerprint density at radius 1 is 1.03 bits per heavy atom. The van der Waals surface area contributed by atoms with Gasteiger partial charge in [-0.05, 0) is 37.5 Å². The van der Waals surface area contributed by atoms with Gasteiger partial charge in [-0.2, -0.15) is 4.98 Å². The molecule has 1 aliphatic rings. The van der Waals surface area contributed by atoms with Crippen molar-refractivity contribution in [2.24, 2.45) is 0 Å². The van der Waals surface area contributed by atoms with Crippen molar-refractivity contribution in [2.45, 2.75) is 26.8 Å². The molecule has 2 N–H and O–H groups in total. The molecule has 0 radical (unpaired) electrons. The molecular weight excluding hydrogens is 404 g/mol. The van der Waals surface area contributed by atoms with Gasteiger partial charge in [0.25, 0.3) is 11.5 Å². The maximum absolute atomic E-state index is 13.3. The molecule has 2 aromatic heterocycles. The lowest BCUT2D eigenvalue weighted by Crippen LogP contribution is -2.50. The highest BCUT2D eigenvalue weighted by Crippen LogP contribution is 2.17. The van der Waals surface area contributed by atoms with Crippen LogP contribution < -0.4 is 16.2 Å². The molecule has 0 spiro atoms. The Kier molecular flexibility index (Phi) is 6.20. The van der Waals surface area contributed by atoms with Gasteiger partial charge in [0, 0.05) is 50.7 Å². The van der Waals surface area contributed by atoms with Gasteiger partial charge in [0.15, 0.2) is 0 Å². The van der Waals surface area contributed by atoms with Crippen LogP contribution in [-0.2, 0) is 13.0 Å². The third-order valence-electron chi connectivity index (χ3n) is 5.82. The summed E-state index contributed by atoms with van der Waals surface area (Å²) in [4.78, 5) is 38.7. The molecule has 1 saturated heterocycles.